The molecule has 1 fully saturated rings. The Balaban J connectivity index is 1.79. The topological polar surface area (TPSA) is 52.6 Å². The van der Waals surface area contributed by atoms with Crippen molar-refractivity contribution in [2.75, 3.05) is 20.1 Å². The molecule has 1 atom stereocenters. The Kier molecular flexibility index (Phi) is 6.09. The summed E-state index contributed by atoms with van der Waals surface area (Å²) in [4.78, 5) is 13.9. The van der Waals surface area contributed by atoms with Gasteiger partial charge in [0, 0.05) is 31.1 Å². The Morgan fingerprint density at radius 2 is 2.05 bits per heavy atom. The molecule has 1 aliphatic rings. The highest BCUT2D eigenvalue weighted by Crippen LogP contribution is 2.27. The van der Waals surface area contributed by atoms with E-state index in [2.05, 4.69) is 12.2 Å². The fraction of sp³-hybridized carbons (Fsp3) is 0.588. The zero-order valence-corrected chi connectivity index (χ0v) is 14.0. The average molecular weight is 325 g/mol. The number of carbonyl (C=O) groups is 1. The number of hydrogen-bond donors (Lipinski definition) is 2. The molecule has 1 aromatic carbocycles. The van der Waals surface area contributed by atoms with Crippen LogP contribution in [0.2, 0.25) is 5.02 Å². The zero-order chi connectivity index (χ0) is 16.1. The molecule has 0 aromatic heterocycles. The molecule has 0 saturated heterocycles. The van der Waals surface area contributed by atoms with Gasteiger partial charge in [0.25, 0.3) is 0 Å². The molecular formula is C17H25ClN2O2. The molecule has 1 saturated carbocycles. The molecule has 0 heterocycles. The van der Waals surface area contributed by atoms with Gasteiger partial charge in [0.1, 0.15) is 0 Å². The molecule has 0 bridgehead atoms. The van der Waals surface area contributed by atoms with E-state index >= 15 is 0 Å². The van der Waals surface area contributed by atoms with Crippen LogP contribution < -0.4 is 5.32 Å². The third-order valence-electron chi connectivity index (χ3n) is 4.42. The van der Waals surface area contributed by atoms with E-state index in [9.17, 15) is 9.90 Å². The molecule has 0 aliphatic heterocycles. The van der Waals surface area contributed by atoms with Crippen molar-refractivity contribution in [3.8, 4) is 0 Å². The minimum Gasteiger partial charge on any atom is -0.393 e. The second-order valence-electron chi connectivity index (χ2n) is 6.21. The third-order valence-corrected chi connectivity index (χ3v) is 4.68. The van der Waals surface area contributed by atoms with E-state index in [0.717, 1.165) is 24.3 Å². The maximum atomic E-state index is 12.1. The number of rotatable bonds is 6. The largest absolute Gasteiger partial charge is 0.393 e. The van der Waals surface area contributed by atoms with Gasteiger partial charge in [-0.2, -0.15) is 0 Å². The van der Waals surface area contributed by atoms with Gasteiger partial charge in [-0.3, -0.25) is 0 Å². The number of amides is 2. The minimum absolute atomic E-state index is 0.0474. The predicted octanol–water partition coefficient (Wildman–Crippen LogP) is 3.25. The van der Waals surface area contributed by atoms with E-state index in [1.54, 1.807) is 4.90 Å². The lowest BCUT2D eigenvalue weighted by Crippen LogP contribution is -2.44. The van der Waals surface area contributed by atoms with Crippen molar-refractivity contribution in [2.45, 2.75) is 38.2 Å². The first kappa shape index (κ1) is 17.1. The quantitative estimate of drug-likeness (QED) is 0.844. The molecular weight excluding hydrogens is 300 g/mol. The summed E-state index contributed by atoms with van der Waals surface area (Å²) in [6, 6.07) is 7.75. The molecule has 0 unspecified atom stereocenters. The highest BCUT2D eigenvalue weighted by molar-refractivity contribution is 6.30. The number of halogens is 1. The van der Waals surface area contributed by atoms with Gasteiger partial charge in [-0.15, -0.1) is 0 Å². The van der Waals surface area contributed by atoms with Crippen molar-refractivity contribution in [3.05, 3.63) is 34.9 Å². The molecule has 0 radical (unpaired) electrons. The lowest BCUT2D eigenvalue weighted by atomic mass is 9.82. The van der Waals surface area contributed by atoms with Crippen LogP contribution in [-0.4, -0.2) is 42.3 Å². The number of aliphatic hydroxyl groups is 1. The van der Waals surface area contributed by atoms with E-state index in [1.165, 1.54) is 5.56 Å². The number of carbonyl (C=O) groups excluding carboxylic acids is 1. The van der Waals surface area contributed by atoms with Crippen LogP contribution in [0.3, 0.4) is 0 Å². The smallest absolute Gasteiger partial charge is 0.317 e. The summed E-state index contributed by atoms with van der Waals surface area (Å²) >= 11 is 5.91. The van der Waals surface area contributed by atoms with Crippen molar-refractivity contribution in [2.24, 2.45) is 5.92 Å². The molecule has 0 spiro atoms. The van der Waals surface area contributed by atoms with E-state index in [4.69, 9.17) is 11.6 Å². The van der Waals surface area contributed by atoms with E-state index in [-0.39, 0.29) is 12.1 Å². The van der Waals surface area contributed by atoms with Gasteiger partial charge in [-0.05, 0) is 42.9 Å². The summed E-state index contributed by atoms with van der Waals surface area (Å²) in [6.45, 7) is 3.44. The van der Waals surface area contributed by atoms with Crippen LogP contribution in [0.5, 0.6) is 0 Å². The van der Waals surface area contributed by atoms with Crippen LogP contribution in [0.4, 0.5) is 4.79 Å². The molecule has 122 valence electrons. The van der Waals surface area contributed by atoms with E-state index in [0.29, 0.717) is 24.9 Å². The summed E-state index contributed by atoms with van der Waals surface area (Å²) in [6.07, 6.45) is 2.40. The van der Waals surface area contributed by atoms with Crippen LogP contribution in [0.25, 0.3) is 0 Å². The maximum Gasteiger partial charge on any atom is 0.317 e. The van der Waals surface area contributed by atoms with Gasteiger partial charge in [0.15, 0.2) is 0 Å². The third kappa shape index (κ3) is 4.62. The highest BCUT2D eigenvalue weighted by Gasteiger charge is 2.29. The van der Waals surface area contributed by atoms with Gasteiger partial charge >= 0.3 is 6.03 Å². The second kappa shape index (κ2) is 7.84. The first-order valence-electron chi connectivity index (χ1n) is 7.92. The van der Waals surface area contributed by atoms with Gasteiger partial charge < -0.3 is 15.3 Å². The Hall–Kier alpha value is -1.26. The Bertz CT molecular complexity index is 486. The Labute approximate surface area is 137 Å². The Morgan fingerprint density at radius 3 is 2.59 bits per heavy atom. The zero-order valence-electron chi connectivity index (χ0n) is 13.3. The van der Waals surface area contributed by atoms with Crippen LogP contribution in [0.1, 0.15) is 37.7 Å². The lowest BCUT2D eigenvalue weighted by molar-refractivity contribution is 0.0325. The number of aliphatic hydroxyl groups excluding tert-OH is 1. The highest BCUT2D eigenvalue weighted by atomic mass is 35.5. The van der Waals surface area contributed by atoms with E-state index in [1.807, 2.05) is 31.3 Å². The number of nitrogens with zero attached hydrogens (tertiary/aromatic N) is 1. The van der Waals surface area contributed by atoms with Crippen LogP contribution in [0.15, 0.2) is 24.3 Å². The lowest BCUT2D eigenvalue weighted by Gasteiger charge is -2.34. The van der Waals surface area contributed by atoms with Gasteiger partial charge in [-0.1, -0.05) is 30.7 Å². The number of hydrogen-bond acceptors (Lipinski definition) is 2. The van der Waals surface area contributed by atoms with Crippen LogP contribution >= 0.6 is 11.6 Å². The molecule has 2 N–H and O–H groups in total. The SMILES string of the molecule is CC[C@@H](CNC(=O)N(C)CC1CC(O)C1)c1ccc(Cl)cc1. The average Bonchev–Trinajstić information content (AvgIpc) is 2.47. The molecule has 1 aliphatic carbocycles. The summed E-state index contributed by atoms with van der Waals surface area (Å²) in [5, 5.41) is 13.0. The van der Waals surface area contributed by atoms with Crippen molar-refractivity contribution in [1.82, 2.24) is 10.2 Å². The van der Waals surface area contributed by atoms with Crippen molar-refractivity contribution < 1.29 is 9.90 Å². The normalized spacial score (nSPS) is 21.8. The molecule has 22 heavy (non-hydrogen) atoms. The number of benzene rings is 1. The fourth-order valence-electron chi connectivity index (χ4n) is 2.90. The van der Waals surface area contributed by atoms with Crippen molar-refractivity contribution in [3.63, 3.8) is 0 Å². The summed E-state index contributed by atoms with van der Waals surface area (Å²) in [5.41, 5.74) is 1.19. The van der Waals surface area contributed by atoms with Gasteiger partial charge in [-0.25, -0.2) is 4.79 Å². The van der Waals surface area contributed by atoms with E-state index < -0.39 is 0 Å². The van der Waals surface area contributed by atoms with Crippen LogP contribution in [-0.2, 0) is 0 Å². The minimum atomic E-state index is -0.171. The summed E-state index contributed by atoms with van der Waals surface area (Å²) < 4.78 is 0. The standard InChI is InChI=1S/C17H25ClN2O2/c1-3-13(14-4-6-15(18)7-5-14)10-19-17(22)20(2)11-12-8-16(21)9-12/h4-7,12-13,16,21H,3,8-11H2,1-2H3,(H,19,22)/t12?,13-,16?/m0/s1. The fourth-order valence-corrected chi connectivity index (χ4v) is 3.02. The van der Waals surface area contributed by atoms with Crippen molar-refractivity contribution >= 4 is 17.6 Å². The molecule has 2 amide bonds. The summed E-state index contributed by atoms with van der Waals surface area (Å²) in [5.74, 6) is 0.726. The first-order chi connectivity index (χ1) is 10.5. The Morgan fingerprint density at radius 1 is 1.41 bits per heavy atom. The monoisotopic (exact) mass is 324 g/mol. The second-order valence-corrected chi connectivity index (χ2v) is 6.65. The van der Waals surface area contributed by atoms with Gasteiger partial charge in [0.2, 0.25) is 0 Å². The van der Waals surface area contributed by atoms with Crippen LogP contribution in [0, 0.1) is 5.92 Å². The molecule has 1 aromatic rings. The first-order valence-corrected chi connectivity index (χ1v) is 8.29. The summed E-state index contributed by atoms with van der Waals surface area (Å²) in [7, 11) is 1.81. The maximum absolute atomic E-state index is 12.1. The van der Waals surface area contributed by atoms with Crippen molar-refractivity contribution in [1.29, 1.82) is 0 Å². The molecule has 2 rings (SSSR count). The molecule has 4 nitrogen and oxygen atoms in total. The molecule has 5 heteroatoms. The number of nitrogens with one attached hydrogen (secondary N) is 1. The number of urea groups is 1. The van der Waals surface area contributed by atoms with Gasteiger partial charge in [0.05, 0.1) is 6.10 Å². The predicted molar refractivity (Wildman–Crippen MR) is 89.2 cm³/mol.